The molecule has 2 aromatic rings. The summed E-state index contributed by atoms with van der Waals surface area (Å²) >= 11 is 0. The van der Waals surface area contributed by atoms with Gasteiger partial charge in [0.2, 0.25) is 0 Å². The van der Waals surface area contributed by atoms with Crippen LogP contribution >= 0.6 is 0 Å². The SMILES string of the molecule is C=CCOC(=O)Nc1ccn([C@@H]2O[C@H](CO)[C@H](O)C2O)c(=O)n1.C=CCOC(=O)OC(=O)OCC=C.Nc1ccn([C@@H]2O[C@H](CO)[C@H](O)C2O)c(=O)n1. The standard InChI is InChI=1S/C13H17N3O7.C9H13N3O5.C8H10O5/c1-2-5-22-13(21)15-8-3-4-16(12(20)14-8)11-10(19)9(18)7(6-17)23-11;10-5-1-2-12(9(16)11-5)8-7(15)6(14)4(3-13)17-8;1-3-5-11-7(9)13-8(10)12-6-4-2/h2-4,7,9-11,17-19H,1,5-6H2,(H,14,15,20,21);1-2,4,6-8,13-15H,3H2,(H2,10,11,16);3-4H,1-2,5-6H2/t7-,9+,10?,11-;4-,6+,7?,8-;/m11./s1. The summed E-state index contributed by atoms with van der Waals surface area (Å²) in [6.45, 7) is 8.99. The van der Waals surface area contributed by atoms with Gasteiger partial charge < -0.3 is 64.8 Å². The highest BCUT2D eigenvalue weighted by Crippen LogP contribution is 2.29. The maximum atomic E-state index is 12.0. The Hall–Kier alpha value is -5.53. The monoisotopic (exact) mass is 756 g/mol. The molecule has 2 aliphatic heterocycles. The van der Waals surface area contributed by atoms with Crippen LogP contribution in [-0.4, -0.2) is 138 Å². The van der Waals surface area contributed by atoms with Gasteiger partial charge in [0.05, 0.1) is 13.2 Å². The summed E-state index contributed by atoms with van der Waals surface area (Å²) in [5.74, 6) is 0.00468. The molecule has 0 spiro atoms. The molecule has 2 saturated heterocycles. The highest BCUT2D eigenvalue weighted by molar-refractivity contribution is 5.83. The van der Waals surface area contributed by atoms with Gasteiger partial charge in [0.1, 0.15) is 68.1 Å². The molecular weight excluding hydrogens is 716 g/mol. The van der Waals surface area contributed by atoms with Gasteiger partial charge in [-0.1, -0.05) is 38.0 Å². The van der Waals surface area contributed by atoms with Gasteiger partial charge in [-0.3, -0.25) is 14.5 Å². The lowest BCUT2D eigenvalue weighted by Crippen LogP contribution is -2.36. The summed E-state index contributed by atoms with van der Waals surface area (Å²) < 4.78 is 29.8. The third kappa shape index (κ3) is 12.9. The summed E-state index contributed by atoms with van der Waals surface area (Å²) in [6, 6.07) is 2.67. The minimum absolute atomic E-state index is 0.00540. The van der Waals surface area contributed by atoms with E-state index in [2.05, 4.69) is 54.0 Å². The Bertz CT molecular complexity index is 1650. The first-order valence-corrected chi connectivity index (χ1v) is 15.2. The number of nitrogens with one attached hydrogen (secondary N) is 1. The van der Waals surface area contributed by atoms with E-state index in [1.165, 1.54) is 42.8 Å². The lowest BCUT2D eigenvalue weighted by Gasteiger charge is -2.17. The Morgan fingerprint density at radius 3 is 1.58 bits per heavy atom. The quantitative estimate of drug-likeness (QED) is 0.0516. The molecule has 292 valence electrons. The van der Waals surface area contributed by atoms with Crippen LogP contribution in [0.2, 0.25) is 0 Å². The maximum Gasteiger partial charge on any atom is 0.518 e. The zero-order chi connectivity index (χ0) is 39.7. The Balaban J connectivity index is 0.000000288. The molecule has 23 heteroatoms. The number of hydrogen-bond acceptors (Lipinski definition) is 20. The minimum Gasteiger partial charge on any atom is -0.445 e. The molecule has 0 saturated carbocycles. The Morgan fingerprint density at radius 2 is 1.19 bits per heavy atom. The molecule has 2 aliphatic rings. The molecule has 4 heterocycles. The third-order valence-corrected chi connectivity index (χ3v) is 6.63. The number of aliphatic hydroxyl groups is 6. The second-order valence-electron chi connectivity index (χ2n) is 10.3. The average Bonchev–Trinajstić information content (AvgIpc) is 3.58. The summed E-state index contributed by atoms with van der Waals surface area (Å²) in [4.78, 5) is 63.0. The van der Waals surface area contributed by atoms with Crippen molar-refractivity contribution in [2.24, 2.45) is 0 Å². The zero-order valence-electron chi connectivity index (χ0n) is 27.9. The van der Waals surface area contributed by atoms with Crippen LogP contribution in [0, 0.1) is 0 Å². The fourth-order valence-corrected chi connectivity index (χ4v) is 4.17. The fraction of sp³-hybridized carbons (Fsp3) is 0.433. The summed E-state index contributed by atoms with van der Waals surface area (Å²) in [5.41, 5.74) is 3.81. The van der Waals surface area contributed by atoms with Crippen molar-refractivity contribution < 1.29 is 73.4 Å². The number of ether oxygens (including phenoxy) is 6. The number of amides is 1. The molecule has 1 amide bonds. The van der Waals surface area contributed by atoms with Gasteiger partial charge in [0.15, 0.2) is 12.5 Å². The second-order valence-corrected chi connectivity index (χ2v) is 10.3. The molecule has 0 aliphatic carbocycles. The van der Waals surface area contributed by atoms with Gasteiger partial charge in [-0.15, -0.1) is 0 Å². The minimum atomic E-state index is -1.40. The van der Waals surface area contributed by atoms with Crippen LogP contribution in [0.5, 0.6) is 0 Å². The first kappa shape index (κ1) is 43.6. The van der Waals surface area contributed by atoms with Crippen LogP contribution in [0.1, 0.15) is 12.5 Å². The third-order valence-electron chi connectivity index (χ3n) is 6.63. The van der Waals surface area contributed by atoms with Gasteiger partial charge in [-0.25, -0.2) is 24.0 Å². The van der Waals surface area contributed by atoms with E-state index in [9.17, 15) is 44.4 Å². The molecule has 23 nitrogen and oxygen atoms in total. The highest BCUT2D eigenvalue weighted by Gasteiger charge is 2.44. The normalized spacial score (nSPS) is 24.2. The molecular formula is C30H40N6O17. The largest absolute Gasteiger partial charge is 0.518 e. The van der Waals surface area contributed by atoms with Crippen molar-refractivity contribution in [1.82, 2.24) is 19.1 Å². The molecule has 4 rings (SSSR count). The molecule has 2 unspecified atom stereocenters. The summed E-state index contributed by atoms with van der Waals surface area (Å²) in [7, 11) is 0. The maximum absolute atomic E-state index is 12.0. The predicted octanol–water partition coefficient (Wildman–Crippen LogP) is -2.33. The fourth-order valence-electron chi connectivity index (χ4n) is 4.17. The Labute approximate surface area is 299 Å². The van der Waals surface area contributed by atoms with Gasteiger partial charge in [0.25, 0.3) is 0 Å². The van der Waals surface area contributed by atoms with Crippen LogP contribution in [-0.2, 0) is 28.4 Å². The van der Waals surface area contributed by atoms with Crippen LogP contribution in [0.15, 0.2) is 72.1 Å². The van der Waals surface area contributed by atoms with Crippen molar-refractivity contribution in [3.8, 4) is 0 Å². The number of aromatic nitrogens is 4. The second kappa shape index (κ2) is 21.7. The van der Waals surface area contributed by atoms with E-state index in [-0.39, 0.29) is 31.5 Å². The van der Waals surface area contributed by atoms with Crippen LogP contribution < -0.4 is 22.4 Å². The van der Waals surface area contributed by atoms with E-state index in [0.717, 1.165) is 9.13 Å². The topological polar surface area (TPSA) is 336 Å². The molecule has 2 aromatic heterocycles. The number of aliphatic hydroxyl groups excluding tert-OH is 6. The Morgan fingerprint density at radius 1 is 0.755 bits per heavy atom. The van der Waals surface area contributed by atoms with E-state index in [1.54, 1.807) is 0 Å². The Kier molecular flexibility index (Phi) is 17.9. The molecule has 0 bridgehead atoms. The molecule has 0 aromatic carbocycles. The number of hydrogen-bond donors (Lipinski definition) is 8. The number of nitrogen functional groups attached to an aromatic ring is 1. The number of carbonyl (C=O) groups is 3. The van der Waals surface area contributed by atoms with Crippen molar-refractivity contribution in [3.05, 3.63) is 83.5 Å². The van der Waals surface area contributed by atoms with Gasteiger partial charge in [-0.2, -0.15) is 9.97 Å². The number of rotatable bonds is 11. The van der Waals surface area contributed by atoms with E-state index in [4.69, 9.17) is 25.4 Å². The average molecular weight is 757 g/mol. The van der Waals surface area contributed by atoms with Crippen molar-refractivity contribution in [1.29, 1.82) is 0 Å². The molecule has 8 atom stereocenters. The van der Waals surface area contributed by atoms with Gasteiger partial charge >= 0.3 is 29.8 Å². The number of carbonyl (C=O) groups excluding carboxylic acids is 3. The zero-order valence-corrected chi connectivity index (χ0v) is 27.9. The summed E-state index contributed by atoms with van der Waals surface area (Å²) in [5, 5.41) is 59.0. The smallest absolute Gasteiger partial charge is 0.445 e. The van der Waals surface area contributed by atoms with E-state index < -0.39 is 92.1 Å². The molecule has 53 heavy (non-hydrogen) atoms. The number of anilines is 2. The number of nitrogens with zero attached hydrogens (tertiary/aromatic N) is 4. The summed E-state index contributed by atoms with van der Waals surface area (Å²) in [6.07, 6.45) is -5.93. The van der Waals surface area contributed by atoms with Crippen molar-refractivity contribution in [3.63, 3.8) is 0 Å². The molecule has 0 radical (unpaired) electrons. The van der Waals surface area contributed by atoms with Crippen molar-refractivity contribution in [2.75, 3.05) is 44.1 Å². The van der Waals surface area contributed by atoms with E-state index >= 15 is 0 Å². The van der Waals surface area contributed by atoms with E-state index in [1.807, 2.05) is 0 Å². The predicted molar refractivity (Wildman–Crippen MR) is 177 cm³/mol. The van der Waals surface area contributed by atoms with Gasteiger partial charge in [0, 0.05) is 12.4 Å². The highest BCUT2D eigenvalue weighted by atomic mass is 16.8. The van der Waals surface area contributed by atoms with Crippen molar-refractivity contribution in [2.45, 2.75) is 49.1 Å². The van der Waals surface area contributed by atoms with Gasteiger partial charge in [-0.05, 0) is 12.1 Å². The van der Waals surface area contributed by atoms with Crippen LogP contribution in [0.3, 0.4) is 0 Å². The lowest BCUT2D eigenvalue weighted by molar-refractivity contribution is -0.0549. The molecule has 9 N–H and O–H groups in total. The lowest BCUT2D eigenvalue weighted by atomic mass is 10.1. The van der Waals surface area contributed by atoms with Crippen LogP contribution in [0.25, 0.3) is 0 Å². The van der Waals surface area contributed by atoms with E-state index in [0.29, 0.717) is 0 Å². The molecule has 2 fully saturated rings. The number of nitrogens with two attached hydrogens (primary N) is 1. The van der Waals surface area contributed by atoms with Crippen LogP contribution in [0.4, 0.5) is 26.0 Å². The van der Waals surface area contributed by atoms with Crippen molar-refractivity contribution >= 4 is 30.0 Å². The first-order chi connectivity index (χ1) is 25.2. The first-order valence-electron chi connectivity index (χ1n) is 15.2.